The largest absolute Gasteiger partial charge is 0.322 e. The van der Waals surface area contributed by atoms with Gasteiger partial charge in [-0.2, -0.15) is 0 Å². The topological polar surface area (TPSA) is 35.6 Å². The summed E-state index contributed by atoms with van der Waals surface area (Å²) in [7, 11) is 0. The highest BCUT2D eigenvalue weighted by Gasteiger charge is 2.26. The van der Waals surface area contributed by atoms with Crippen molar-refractivity contribution in [2.45, 2.75) is 38.1 Å². The molecule has 2 amide bonds. The van der Waals surface area contributed by atoms with Crippen LogP contribution in [-0.2, 0) is 0 Å². The van der Waals surface area contributed by atoms with E-state index in [1.54, 1.807) is 0 Å². The summed E-state index contributed by atoms with van der Waals surface area (Å²) in [6.45, 7) is 3.68. The number of piperazine rings is 1. The molecule has 132 valence electrons. The van der Waals surface area contributed by atoms with Crippen LogP contribution >= 0.6 is 0 Å². The van der Waals surface area contributed by atoms with E-state index >= 15 is 0 Å². The quantitative estimate of drug-likeness (QED) is 0.886. The van der Waals surface area contributed by atoms with E-state index in [4.69, 9.17) is 0 Å². The molecule has 25 heavy (non-hydrogen) atoms. The van der Waals surface area contributed by atoms with E-state index in [-0.39, 0.29) is 6.03 Å². The zero-order chi connectivity index (χ0) is 17.1. The Balaban J connectivity index is 1.33. The maximum Gasteiger partial charge on any atom is 0.321 e. The van der Waals surface area contributed by atoms with Crippen LogP contribution in [0.4, 0.5) is 10.5 Å². The third-order valence-electron chi connectivity index (χ3n) is 5.69. The second kappa shape index (κ2) is 7.44. The first-order valence-corrected chi connectivity index (χ1v) is 9.58. The predicted octanol–water partition coefficient (Wildman–Crippen LogP) is 4.32. The highest BCUT2D eigenvalue weighted by Crippen LogP contribution is 2.24. The Morgan fingerprint density at radius 3 is 2.36 bits per heavy atom. The van der Waals surface area contributed by atoms with Gasteiger partial charge in [-0.1, -0.05) is 49.6 Å². The molecule has 0 spiro atoms. The summed E-state index contributed by atoms with van der Waals surface area (Å²) in [6, 6.07) is 15.1. The van der Waals surface area contributed by atoms with Gasteiger partial charge in [0.05, 0.1) is 0 Å². The second-order valence-corrected chi connectivity index (χ2v) is 7.31. The third kappa shape index (κ3) is 3.79. The van der Waals surface area contributed by atoms with Crippen LogP contribution in [0.15, 0.2) is 42.5 Å². The lowest BCUT2D eigenvalue weighted by molar-refractivity contribution is 0.0943. The molecule has 2 aliphatic rings. The summed E-state index contributed by atoms with van der Waals surface area (Å²) in [6.07, 6.45) is 6.80. The molecule has 4 nitrogen and oxygen atoms in total. The van der Waals surface area contributed by atoms with E-state index in [0.29, 0.717) is 0 Å². The first kappa shape index (κ1) is 16.4. The Labute approximate surface area is 149 Å². The van der Waals surface area contributed by atoms with E-state index in [1.807, 2.05) is 29.2 Å². The Morgan fingerprint density at radius 2 is 1.60 bits per heavy atom. The number of hydrogen-bond donors (Lipinski definition) is 1. The summed E-state index contributed by atoms with van der Waals surface area (Å²) < 4.78 is 0. The molecule has 0 aromatic heterocycles. The van der Waals surface area contributed by atoms with Crippen LogP contribution in [0.5, 0.6) is 0 Å². The van der Waals surface area contributed by atoms with Crippen molar-refractivity contribution < 1.29 is 4.79 Å². The summed E-state index contributed by atoms with van der Waals surface area (Å²) in [5.41, 5.74) is 0.874. The van der Waals surface area contributed by atoms with E-state index in [1.165, 1.54) is 37.5 Å². The molecule has 4 rings (SSSR count). The smallest absolute Gasteiger partial charge is 0.321 e. The van der Waals surface area contributed by atoms with Gasteiger partial charge in [0.2, 0.25) is 0 Å². The van der Waals surface area contributed by atoms with Gasteiger partial charge in [-0.15, -0.1) is 0 Å². The fraction of sp³-hybridized carbons (Fsp3) is 0.476. The monoisotopic (exact) mass is 337 g/mol. The van der Waals surface area contributed by atoms with Crippen LogP contribution < -0.4 is 5.32 Å². The molecule has 1 heterocycles. The average Bonchev–Trinajstić information content (AvgIpc) is 2.69. The number of rotatable bonds is 2. The highest BCUT2D eigenvalue weighted by atomic mass is 16.2. The molecule has 1 aliphatic heterocycles. The molecule has 0 radical (unpaired) electrons. The number of hydrogen-bond acceptors (Lipinski definition) is 2. The van der Waals surface area contributed by atoms with Crippen LogP contribution in [0.3, 0.4) is 0 Å². The van der Waals surface area contributed by atoms with Crippen molar-refractivity contribution in [3.05, 3.63) is 42.5 Å². The van der Waals surface area contributed by atoms with Gasteiger partial charge in [0, 0.05) is 37.9 Å². The van der Waals surface area contributed by atoms with Gasteiger partial charge in [-0.3, -0.25) is 4.90 Å². The number of nitrogens with zero attached hydrogens (tertiary/aromatic N) is 2. The maximum absolute atomic E-state index is 12.6. The van der Waals surface area contributed by atoms with Gasteiger partial charge in [0.25, 0.3) is 0 Å². The van der Waals surface area contributed by atoms with Gasteiger partial charge in [-0.25, -0.2) is 4.79 Å². The zero-order valence-corrected chi connectivity index (χ0v) is 14.8. The number of benzene rings is 2. The minimum Gasteiger partial charge on any atom is -0.322 e. The van der Waals surface area contributed by atoms with Crippen LogP contribution in [0, 0.1) is 0 Å². The number of urea groups is 1. The normalized spacial score (nSPS) is 19.9. The molecule has 4 heteroatoms. The van der Waals surface area contributed by atoms with Gasteiger partial charge in [-0.05, 0) is 35.7 Å². The number of carbonyl (C=O) groups excluding carboxylic acids is 1. The van der Waals surface area contributed by atoms with Crippen molar-refractivity contribution in [2.24, 2.45) is 0 Å². The third-order valence-corrected chi connectivity index (χ3v) is 5.69. The van der Waals surface area contributed by atoms with E-state index in [0.717, 1.165) is 43.3 Å². The second-order valence-electron chi connectivity index (χ2n) is 7.31. The molecule has 1 saturated carbocycles. The van der Waals surface area contributed by atoms with Crippen molar-refractivity contribution in [1.29, 1.82) is 0 Å². The summed E-state index contributed by atoms with van der Waals surface area (Å²) in [4.78, 5) is 17.1. The van der Waals surface area contributed by atoms with Gasteiger partial charge < -0.3 is 10.2 Å². The molecule has 2 aromatic carbocycles. The molecule has 1 aliphatic carbocycles. The average molecular weight is 337 g/mol. The Kier molecular flexibility index (Phi) is 4.88. The number of amides is 2. The first-order chi connectivity index (χ1) is 12.3. The molecular formula is C21H27N3O. The van der Waals surface area contributed by atoms with Gasteiger partial charge >= 0.3 is 6.03 Å². The van der Waals surface area contributed by atoms with Crippen molar-refractivity contribution in [3.63, 3.8) is 0 Å². The SMILES string of the molecule is O=C(Nc1ccc2ccccc2c1)N1CCN(C2CCCCC2)CC1. The zero-order valence-electron chi connectivity index (χ0n) is 14.8. The molecular weight excluding hydrogens is 310 g/mol. The van der Waals surface area contributed by atoms with Crippen molar-refractivity contribution in [2.75, 3.05) is 31.5 Å². The molecule has 1 saturated heterocycles. The maximum atomic E-state index is 12.6. The number of fused-ring (bicyclic) bond motifs is 1. The Hall–Kier alpha value is -2.07. The summed E-state index contributed by atoms with van der Waals surface area (Å²) in [5.74, 6) is 0. The fourth-order valence-electron chi connectivity index (χ4n) is 4.21. The lowest BCUT2D eigenvalue weighted by Crippen LogP contribution is -2.53. The fourth-order valence-corrected chi connectivity index (χ4v) is 4.21. The molecule has 2 aromatic rings. The molecule has 1 N–H and O–H groups in total. The first-order valence-electron chi connectivity index (χ1n) is 9.58. The lowest BCUT2D eigenvalue weighted by atomic mass is 9.94. The molecule has 0 bridgehead atoms. The van der Waals surface area contributed by atoms with Gasteiger partial charge in [0.15, 0.2) is 0 Å². The minimum absolute atomic E-state index is 0.0265. The van der Waals surface area contributed by atoms with Crippen molar-refractivity contribution >= 4 is 22.5 Å². The summed E-state index contributed by atoms with van der Waals surface area (Å²) in [5, 5.41) is 5.42. The van der Waals surface area contributed by atoms with Gasteiger partial charge in [0.1, 0.15) is 0 Å². The highest BCUT2D eigenvalue weighted by molar-refractivity contribution is 5.93. The standard InChI is InChI=1S/C21H27N3O/c25-21(22-19-11-10-17-6-4-5-7-18(17)16-19)24-14-12-23(13-15-24)20-8-2-1-3-9-20/h4-7,10-11,16,20H,1-3,8-9,12-15H2,(H,22,25). The molecule has 0 atom stereocenters. The number of carbonyl (C=O) groups is 1. The van der Waals surface area contributed by atoms with Crippen LogP contribution in [0.1, 0.15) is 32.1 Å². The van der Waals surface area contributed by atoms with Crippen molar-refractivity contribution in [1.82, 2.24) is 9.80 Å². The molecule has 2 fully saturated rings. The van der Waals surface area contributed by atoms with E-state index in [2.05, 4.69) is 28.4 Å². The predicted molar refractivity (Wildman–Crippen MR) is 103 cm³/mol. The lowest BCUT2D eigenvalue weighted by Gasteiger charge is -2.40. The van der Waals surface area contributed by atoms with Crippen LogP contribution in [-0.4, -0.2) is 48.1 Å². The van der Waals surface area contributed by atoms with E-state index in [9.17, 15) is 4.79 Å². The molecule has 0 unspecified atom stereocenters. The van der Waals surface area contributed by atoms with Crippen LogP contribution in [0.25, 0.3) is 10.8 Å². The number of nitrogens with one attached hydrogen (secondary N) is 1. The van der Waals surface area contributed by atoms with Crippen LogP contribution in [0.2, 0.25) is 0 Å². The number of anilines is 1. The Morgan fingerprint density at radius 1 is 0.880 bits per heavy atom. The van der Waals surface area contributed by atoms with E-state index < -0.39 is 0 Å². The summed E-state index contributed by atoms with van der Waals surface area (Å²) >= 11 is 0. The minimum atomic E-state index is 0.0265. The Bertz CT molecular complexity index is 731. The van der Waals surface area contributed by atoms with Crippen molar-refractivity contribution in [3.8, 4) is 0 Å².